The zero-order valence-electron chi connectivity index (χ0n) is 18.3. The molecule has 0 spiro atoms. The molecule has 4 rings (SSSR count). The molecule has 0 aliphatic heterocycles. The van der Waals surface area contributed by atoms with Gasteiger partial charge in [0.2, 0.25) is 5.91 Å². The minimum atomic E-state index is -1.11. The lowest BCUT2D eigenvalue weighted by Gasteiger charge is -2.28. The van der Waals surface area contributed by atoms with Crippen LogP contribution in [-0.4, -0.2) is 33.8 Å². The maximum Gasteiger partial charge on any atom is 0.364 e. The fourth-order valence-corrected chi connectivity index (χ4v) is 4.07. The number of halogens is 3. The number of rotatable bonds is 6. The second-order valence-corrected chi connectivity index (χ2v) is 8.49. The summed E-state index contributed by atoms with van der Waals surface area (Å²) < 4.78 is 31.9. The van der Waals surface area contributed by atoms with Gasteiger partial charge in [-0.2, -0.15) is 0 Å². The van der Waals surface area contributed by atoms with Gasteiger partial charge in [-0.3, -0.25) is 9.59 Å². The van der Waals surface area contributed by atoms with Crippen LogP contribution >= 0.6 is 11.6 Å². The number of hydrogen-bond acceptors (Lipinski definition) is 5. The number of aromatic nitrogens is 2. The summed E-state index contributed by atoms with van der Waals surface area (Å²) in [5.74, 6) is -3.89. The number of imidazole rings is 1. The maximum atomic E-state index is 13.5. The van der Waals surface area contributed by atoms with Gasteiger partial charge >= 0.3 is 5.97 Å². The van der Waals surface area contributed by atoms with Crippen LogP contribution in [0.4, 0.5) is 14.5 Å². The average molecular weight is 503 g/mol. The fraction of sp³-hybridized carbons (Fsp3) is 0.250. The van der Waals surface area contributed by atoms with E-state index in [1.54, 1.807) is 30.3 Å². The predicted molar refractivity (Wildman–Crippen MR) is 123 cm³/mol. The molecule has 1 fully saturated rings. The number of H-pyrrole nitrogens is 1. The fourth-order valence-electron chi connectivity index (χ4n) is 3.88. The van der Waals surface area contributed by atoms with E-state index in [0.717, 1.165) is 12.1 Å². The van der Waals surface area contributed by atoms with E-state index in [2.05, 4.69) is 20.6 Å². The van der Waals surface area contributed by atoms with Crippen molar-refractivity contribution in [1.29, 1.82) is 0 Å². The van der Waals surface area contributed by atoms with E-state index in [1.807, 2.05) is 0 Å². The molecule has 8 nitrogen and oxygen atoms in total. The topological polar surface area (TPSA) is 113 Å². The van der Waals surface area contributed by atoms with Crippen molar-refractivity contribution in [2.75, 3.05) is 5.32 Å². The quantitative estimate of drug-likeness (QED) is 0.261. The third kappa shape index (κ3) is 5.83. The molecule has 0 unspecified atom stereocenters. The van der Waals surface area contributed by atoms with Crippen molar-refractivity contribution in [3.05, 3.63) is 76.8 Å². The molecule has 1 aliphatic rings. The van der Waals surface area contributed by atoms with Gasteiger partial charge in [-0.05, 0) is 43.9 Å². The van der Waals surface area contributed by atoms with Crippen molar-refractivity contribution >= 4 is 35.1 Å². The summed E-state index contributed by atoms with van der Waals surface area (Å²) in [4.78, 5) is 44.3. The van der Waals surface area contributed by atoms with E-state index >= 15 is 0 Å². The van der Waals surface area contributed by atoms with Crippen molar-refractivity contribution in [1.82, 2.24) is 15.3 Å². The molecule has 1 saturated carbocycles. The van der Waals surface area contributed by atoms with Crippen LogP contribution in [0.2, 0.25) is 5.02 Å². The molecule has 1 aromatic heterocycles. The third-order valence-electron chi connectivity index (χ3n) is 5.71. The van der Waals surface area contributed by atoms with Crippen molar-refractivity contribution in [2.45, 2.75) is 31.7 Å². The zero-order chi connectivity index (χ0) is 24.9. The number of benzene rings is 2. The van der Waals surface area contributed by atoms with Crippen LogP contribution in [0.5, 0.6) is 5.75 Å². The van der Waals surface area contributed by atoms with Crippen LogP contribution in [0, 0.1) is 17.6 Å². The Kier molecular flexibility index (Phi) is 7.40. The Morgan fingerprint density at radius 3 is 2.43 bits per heavy atom. The summed E-state index contributed by atoms with van der Waals surface area (Å²) >= 11 is 5.88. The van der Waals surface area contributed by atoms with Crippen molar-refractivity contribution in [3.63, 3.8) is 0 Å². The van der Waals surface area contributed by atoms with Crippen LogP contribution in [0.15, 0.2) is 48.8 Å². The Balaban J connectivity index is 1.31. The first-order valence-electron chi connectivity index (χ1n) is 10.9. The Morgan fingerprint density at radius 2 is 1.71 bits per heavy atom. The Labute approximate surface area is 204 Å². The Morgan fingerprint density at radius 1 is 1.03 bits per heavy atom. The molecule has 2 amide bonds. The van der Waals surface area contributed by atoms with E-state index in [4.69, 9.17) is 16.3 Å². The lowest BCUT2D eigenvalue weighted by molar-refractivity contribution is -0.120. The highest BCUT2D eigenvalue weighted by Gasteiger charge is 2.29. The van der Waals surface area contributed by atoms with E-state index < -0.39 is 23.5 Å². The standard InChI is InChI=1S/C24H21ClF2N4O4/c25-16-10-17(26)18(27)11-19(16)31-22(32)13-6-8-14(9-7-13)30-23(33)20-21(29-12-28-20)24(34)35-15-4-2-1-3-5-15/h1-5,10-14H,6-9H2,(H,28,29)(H,30,33)(H,31,32)/t13-,14-. The molecular weight excluding hydrogens is 482 g/mol. The summed E-state index contributed by atoms with van der Waals surface area (Å²) in [5.41, 5.74) is -0.151. The molecule has 0 atom stereocenters. The van der Waals surface area contributed by atoms with Crippen LogP contribution in [0.1, 0.15) is 46.7 Å². The molecule has 3 N–H and O–H groups in total. The van der Waals surface area contributed by atoms with Gasteiger partial charge in [0, 0.05) is 18.0 Å². The minimum Gasteiger partial charge on any atom is -0.422 e. The molecule has 11 heteroatoms. The summed E-state index contributed by atoms with van der Waals surface area (Å²) in [6, 6.07) is 9.84. The summed E-state index contributed by atoms with van der Waals surface area (Å²) in [7, 11) is 0. The first-order valence-corrected chi connectivity index (χ1v) is 11.3. The smallest absolute Gasteiger partial charge is 0.364 e. The van der Waals surface area contributed by atoms with Crippen molar-refractivity contribution in [2.24, 2.45) is 5.92 Å². The number of anilines is 1. The first kappa shape index (κ1) is 24.3. The molecule has 1 heterocycles. The van der Waals surface area contributed by atoms with E-state index in [-0.39, 0.29) is 40.0 Å². The lowest BCUT2D eigenvalue weighted by Crippen LogP contribution is -2.40. The molecular formula is C24H21ClF2N4O4. The summed E-state index contributed by atoms with van der Waals surface area (Å²) in [6.07, 6.45) is 3.18. The van der Waals surface area contributed by atoms with Crippen LogP contribution in [-0.2, 0) is 4.79 Å². The average Bonchev–Trinajstić information content (AvgIpc) is 3.34. The SMILES string of the molecule is O=C(Oc1ccccc1)c1nc[nH]c1C(=O)N[C@H]1CC[C@H](C(=O)Nc2cc(F)c(F)cc2Cl)CC1. The van der Waals surface area contributed by atoms with Gasteiger partial charge in [-0.25, -0.2) is 18.6 Å². The van der Waals surface area contributed by atoms with Gasteiger partial charge in [0.05, 0.1) is 17.0 Å². The van der Waals surface area contributed by atoms with Gasteiger partial charge < -0.3 is 20.4 Å². The van der Waals surface area contributed by atoms with E-state index in [0.29, 0.717) is 31.4 Å². The number of amides is 2. The summed E-state index contributed by atoms with van der Waals surface area (Å²) in [6.45, 7) is 0. The number of aromatic amines is 1. The molecule has 2 aromatic carbocycles. The number of hydrogen-bond donors (Lipinski definition) is 3. The largest absolute Gasteiger partial charge is 0.422 e. The molecule has 182 valence electrons. The number of carbonyl (C=O) groups is 3. The molecule has 0 bridgehead atoms. The molecule has 1 aliphatic carbocycles. The molecule has 3 aromatic rings. The van der Waals surface area contributed by atoms with Crippen LogP contribution in [0.3, 0.4) is 0 Å². The van der Waals surface area contributed by atoms with E-state index in [9.17, 15) is 23.2 Å². The number of para-hydroxylation sites is 1. The third-order valence-corrected chi connectivity index (χ3v) is 6.03. The van der Waals surface area contributed by atoms with Gasteiger partial charge in [0.25, 0.3) is 5.91 Å². The normalized spacial score (nSPS) is 17.5. The highest BCUT2D eigenvalue weighted by Crippen LogP contribution is 2.29. The maximum absolute atomic E-state index is 13.5. The number of ether oxygens (including phenoxy) is 1. The van der Waals surface area contributed by atoms with Crippen LogP contribution in [0.25, 0.3) is 0 Å². The van der Waals surface area contributed by atoms with Crippen molar-refractivity contribution < 1.29 is 27.9 Å². The zero-order valence-corrected chi connectivity index (χ0v) is 19.1. The Bertz CT molecular complexity index is 1240. The summed E-state index contributed by atoms with van der Waals surface area (Å²) in [5, 5.41) is 5.29. The molecule has 0 radical (unpaired) electrons. The first-order chi connectivity index (χ1) is 16.8. The van der Waals surface area contributed by atoms with Crippen molar-refractivity contribution in [3.8, 4) is 5.75 Å². The second-order valence-electron chi connectivity index (χ2n) is 8.09. The predicted octanol–water partition coefficient (Wildman–Crippen LogP) is 4.49. The second kappa shape index (κ2) is 10.6. The van der Waals surface area contributed by atoms with Gasteiger partial charge in [0.1, 0.15) is 11.4 Å². The number of nitrogens with one attached hydrogen (secondary N) is 3. The number of nitrogens with zero attached hydrogens (tertiary/aromatic N) is 1. The van der Waals surface area contributed by atoms with Crippen LogP contribution < -0.4 is 15.4 Å². The lowest BCUT2D eigenvalue weighted by atomic mass is 9.85. The highest BCUT2D eigenvalue weighted by atomic mass is 35.5. The highest BCUT2D eigenvalue weighted by molar-refractivity contribution is 6.33. The van der Waals surface area contributed by atoms with Gasteiger partial charge in [0.15, 0.2) is 17.3 Å². The monoisotopic (exact) mass is 502 g/mol. The Hall–Kier alpha value is -3.79. The minimum absolute atomic E-state index is 0.000145. The number of carbonyl (C=O) groups excluding carboxylic acids is 3. The molecule has 0 saturated heterocycles. The van der Waals surface area contributed by atoms with Gasteiger partial charge in [-0.1, -0.05) is 29.8 Å². The van der Waals surface area contributed by atoms with Gasteiger partial charge in [-0.15, -0.1) is 0 Å². The number of esters is 1. The molecule has 35 heavy (non-hydrogen) atoms. The van der Waals surface area contributed by atoms with E-state index in [1.165, 1.54) is 6.33 Å².